The lowest BCUT2D eigenvalue weighted by molar-refractivity contribution is -0.139. The van der Waals surface area contributed by atoms with Crippen LogP contribution in [0.5, 0.6) is 0 Å². The van der Waals surface area contributed by atoms with Crippen molar-refractivity contribution in [3.8, 4) is 0 Å². The predicted molar refractivity (Wildman–Crippen MR) is 155 cm³/mol. The van der Waals surface area contributed by atoms with Crippen LogP contribution in [0.25, 0.3) is 0 Å². The lowest BCUT2D eigenvalue weighted by Gasteiger charge is -2.32. The van der Waals surface area contributed by atoms with Crippen LogP contribution in [0, 0.1) is 6.92 Å². The van der Waals surface area contributed by atoms with Crippen LogP contribution in [0.1, 0.15) is 31.4 Å². The number of anilines is 1. The average Bonchev–Trinajstić information content (AvgIpc) is 2.91. The summed E-state index contributed by atoms with van der Waals surface area (Å²) >= 11 is 9.75. The average molecular weight is 621 g/mol. The van der Waals surface area contributed by atoms with Crippen LogP contribution >= 0.6 is 27.5 Å². The van der Waals surface area contributed by atoms with E-state index in [0.717, 1.165) is 20.8 Å². The fraction of sp³-hybridized carbons (Fsp3) is 0.286. The number of sulfonamides is 1. The molecule has 3 aromatic rings. The van der Waals surface area contributed by atoms with Crippen LogP contribution in [0.2, 0.25) is 5.02 Å². The molecule has 0 bridgehead atoms. The first-order chi connectivity index (χ1) is 18.1. The zero-order valence-electron chi connectivity index (χ0n) is 21.5. The highest BCUT2D eigenvalue weighted by Crippen LogP contribution is 2.31. The molecule has 3 aromatic carbocycles. The molecule has 38 heavy (non-hydrogen) atoms. The van der Waals surface area contributed by atoms with Crippen molar-refractivity contribution in [3.05, 3.63) is 93.4 Å². The molecule has 1 atom stereocenters. The van der Waals surface area contributed by atoms with Crippen molar-refractivity contribution in [1.29, 1.82) is 0 Å². The van der Waals surface area contributed by atoms with E-state index in [2.05, 4.69) is 21.2 Å². The van der Waals surface area contributed by atoms with Crippen molar-refractivity contribution in [2.24, 2.45) is 0 Å². The number of halogens is 2. The van der Waals surface area contributed by atoms with E-state index in [9.17, 15) is 18.0 Å². The zero-order chi connectivity index (χ0) is 27.9. The second-order valence-corrected chi connectivity index (χ2v) is 12.0. The molecule has 0 radical (unpaired) electrons. The van der Waals surface area contributed by atoms with Gasteiger partial charge in [-0.3, -0.25) is 13.9 Å². The van der Waals surface area contributed by atoms with Gasteiger partial charge in [0.25, 0.3) is 10.0 Å². The molecule has 10 heteroatoms. The minimum Gasteiger partial charge on any atom is -0.354 e. The maximum absolute atomic E-state index is 13.9. The molecule has 0 aliphatic heterocycles. The van der Waals surface area contributed by atoms with Crippen molar-refractivity contribution in [1.82, 2.24) is 10.2 Å². The first-order valence-corrected chi connectivity index (χ1v) is 14.8. The molecule has 0 unspecified atom stereocenters. The summed E-state index contributed by atoms with van der Waals surface area (Å²) in [5.41, 5.74) is 1.61. The van der Waals surface area contributed by atoms with E-state index in [1.807, 2.05) is 31.2 Å². The maximum atomic E-state index is 13.9. The summed E-state index contributed by atoms with van der Waals surface area (Å²) in [5, 5.41) is 3.21. The van der Waals surface area contributed by atoms with E-state index in [4.69, 9.17) is 11.6 Å². The zero-order valence-corrected chi connectivity index (χ0v) is 24.7. The van der Waals surface area contributed by atoms with Crippen LogP contribution in [0.4, 0.5) is 5.69 Å². The van der Waals surface area contributed by atoms with E-state index in [-0.39, 0.29) is 17.3 Å². The second kappa shape index (κ2) is 13.3. The number of hydrogen-bond acceptors (Lipinski definition) is 4. The third-order valence-corrected chi connectivity index (χ3v) is 8.81. The summed E-state index contributed by atoms with van der Waals surface area (Å²) < 4.78 is 29.6. The highest BCUT2D eigenvalue weighted by Gasteiger charge is 2.33. The number of hydrogen-bond donors (Lipinski definition) is 1. The van der Waals surface area contributed by atoms with Gasteiger partial charge in [-0.2, -0.15) is 0 Å². The monoisotopic (exact) mass is 619 g/mol. The molecule has 0 fully saturated rings. The molecule has 0 aliphatic carbocycles. The predicted octanol–water partition coefficient (Wildman–Crippen LogP) is 5.55. The molecule has 0 spiro atoms. The van der Waals surface area contributed by atoms with E-state index >= 15 is 0 Å². The molecular weight excluding hydrogens is 590 g/mol. The third kappa shape index (κ3) is 7.15. The number of nitrogens with zero attached hydrogens (tertiary/aromatic N) is 2. The maximum Gasteiger partial charge on any atom is 0.264 e. The molecule has 202 valence electrons. The van der Waals surface area contributed by atoms with Crippen LogP contribution < -0.4 is 9.62 Å². The van der Waals surface area contributed by atoms with Gasteiger partial charge in [0.2, 0.25) is 11.8 Å². The summed E-state index contributed by atoms with van der Waals surface area (Å²) in [6.45, 7) is 5.37. The highest BCUT2D eigenvalue weighted by atomic mass is 79.9. The van der Waals surface area contributed by atoms with Gasteiger partial charge in [0, 0.05) is 22.6 Å². The molecule has 0 saturated carbocycles. The first kappa shape index (κ1) is 29.7. The summed E-state index contributed by atoms with van der Waals surface area (Å²) in [4.78, 5) is 28.2. The summed E-state index contributed by atoms with van der Waals surface area (Å²) in [6, 6.07) is 19.4. The molecule has 0 saturated heterocycles. The Kier molecular flexibility index (Phi) is 10.4. The van der Waals surface area contributed by atoms with Gasteiger partial charge >= 0.3 is 0 Å². The normalized spacial score (nSPS) is 12.0. The molecule has 3 rings (SSSR count). The van der Waals surface area contributed by atoms with Crippen LogP contribution in [-0.2, 0) is 26.2 Å². The Morgan fingerprint density at radius 2 is 1.66 bits per heavy atom. The fourth-order valence-electron chi connectivity index (χ4n) is 3.86. The minimum atomic E-state index is -4.14. The van der Waals surface area contributed by atoms with E-state index in [1.54, 1.807) is 50.2 Å². The topological polar surface area (TPSA) is 86.8 Å². The van der Waals surface area contributed by atoms with Gasteiger partial charge in [-0.25, -0.2) is 8.42 Å². The Hall–Kier alpha value is -2.88. The molecule has 2 amide bonds. The SMILES string of the molecule is CCCNC(=O)[C@H](C)N(Cc1ccc(Br)cc1)C(=O)CN(c1cccc(Cl)c1C)S(=O)(=O)c1ccccc1. The summed E-state index contributed by atoms with van der Waals surface area (Å²) in [5.74, 6) is -0.834. The van der Waals surface area contributed by atoms with Crippen LogP contribution in [0.3, 0.4) is 0 Å². The van der Waals surface area contributed by atoms with Crippen molar-refractivity contribution in [2.75, 3.05) is 17.4 Å². The number of carbonyl (C=O) groups excluding carboxylic acids is 2. The van der Waals surface area contributed by atoms with Gasteiger partial charge in [-0.05, 0) is 67.8 Å². The van der Waals surface area contributed by atoms with Gasteiger partial charge in [0.15, 0.2) is 0 Å². The van der Waals surface area contributed by atoms with Gasteiger partial charge in [0.05, 0.1) is 10.6 Å². The quantitative estimate of drug-likeness (QED) is 0.305. The standard InChI is InChI=1S/C28H31BrClN3O4S/c1-4-17-31-28(35)21(3)32(18-22-13-15-23(29)16-14-22)27(34)19-33(26-12-8-11-25(30)20(26)2)38(36,37)24-9-6-5-7-10-24/h5-16,21H,4,17-19H2,1-3H3,(H,31,35)/t21-/m0/s1. The number of nitrogens with one attached hydrogen (secondary N) is 1. The largest absolute Gasteiger partial charge is 0.354 e. The van der Waals surface area contributed by atoms with Crippen LogP contribution in [-0.4, -0.2) is 44.3 Å². The van der Waals surface area contributed by atoms with Crippen LogP contribution in [0.15, 0.2) is 82.2 Å². The Morgan fingerprint density at radius 3 is 2.29 bits per heavy atom. The molecule has 7 nitrogen and oxygen atoms in total. The number of benzene rings is 3. The lowest BCUT2D eigenvalue weighted by atomic mass is 10.1. The Balaban J connectivity index is 2.04. The molecule has 0 aliphatic rings. The number of carbonyl (C=O) groups is 2. The molecule has 0 heterocycles. The molecule has 1 N–H and O–H groups in total. The Bertz CT molecular complexity index is 1370. The van der Waals surface area contributed by atoms with Crippen molar-refractivity contribution < 1.29 is 18.0 Å². The highest BCUT2D eigenvalue weighted by molar-refractivity contribution is 9.10. The fourth-order valence-corrected chi connectivity index (χ4v) is 5.79. The molecular formula is C28H31BrClN3O4S. The van der Waals surface area contributed by atoms with E-state index in [1.165, 1.54) is 17.0 Å². The van der Waals surface area contributed by atoms with Gasteiger partial charge < -0.3 is 10.2 Å². The molecule has 0 aromatic heterocycles. The first-order valence-electron chi connectivity index (χ1n) is 12.2. The van der Waals surface area contributed by atoms with E-state index in [0.29, 0.717) is 22.8 Å². The van der Waals surface area contributed by atoms with Crippen molar-refractivity contribution in [2.45, 2.75) is 44.7 Å². The van der Waals surface area contributed by atoms with E-state index < -0.39 is 28.5 Å². The summed E-state index contributed by atoms with van der Waals surface area (Å²) in [6.07, 6.45) is 0.746. The summed E-state index contributed by atoms with van der Waals surface area (Å²) in [7, 11) is -4.14. The number of amides is 2. The third-order valence-electron chi connectivity index (χ3n) is 6.10. The van der Waals surface area contributed by atoms with Crippen molar-refractivity contribution >= 4 is 55.1 Å². The lowest BCUT2D eigenvalue weighted by Crippen LogP contribution is -2.51. The van der Waals surface area contributed by atoms with Gasteiger partial charge in [-0.1, -0.05) is 70.9 Å². The smallest absolute Gasteiger partial charge is 0.264 e. The second-order valence-electron chi connectivity index (χ2n) is 8.82. The van der Waals surface area contributed by atoms with Gasteiger partial charge in [0.1, 0.15) is 12.6 Å². The van der Waals surface area contributed by atoms with Crippen molar-refractivity contribution in [3.63, 3.8) is 0 Å². The number of rotatable bonds is 11. The Labute approximate surface area is 238 Å². The van der Waals surface area contributed by atoms with Gasteiger partial charge in [-0.15, -0.1) is 0 Å². The minimum absolute atomic E-state index is 0.0420. The Morgan fingerprint density at radius 1 is 1.00 bits per heavy atom.